The summed E-state index contributed by atoms with van der Waals surface area (Å²) in [5.41, 5.74) is 2.23. The number of hydrogen-bond acceptors (Lipinski definition) is 5. The van der Waals surface area contributed by atoms with Crippen molar-refractivity contribution < 1.29 is 4.79 Å². The van der Waals surface area contributed by atoms with E-state index in [0.717, 1.165) is 31.2 Å². The molecule has 0 radical (unpaired) electrons. The van der Waals surface area contributed by atoms with E-state index in [4.69, 9.17) is 5.10 Å². The Labute approximate surface area is 166 Å². The predicted octanol–water partition coefficient (Wildman–Crippen LogP) is 1.97. The summed E-state index contributed by atoms with van der Waals surface area (Å²) in [6.07, 6.45) is 11.1. The second-order valence-corrected chi connectivity index (χ2v) is 8.20. The first kappa shape index (κ1) is 19.1. The number of hydrogen-bond donors (Lipinski definition) is 1. The van der Waals surface area contributed by atoms with Crippen molar-refractivity contribution in [1.82, 2.24) is 34.8 Å². The number of nitrogens with one attached hydrogen (secondary N) is 1. The summed E-state index contributed by atoms with van der Waals surface area (Å²) in [7, 11) is 0. The molecule has 1 saturated carbocycles. The number of aryl methyl sites for hydroxylation is 1. The Bertz CT molecular complexity index is 764. The van der Waals surface area contributed by atoms with Gasteiger partial charge in [0, 0.05) is 25.7 Å². The van der Waals surface area contributed by atoms with Gasteiger partial charge < -0.3 is 5.32 Å². The van der Waals surface area contributed by atoms with Crippen molar-refractivity contribution in [3.05, 3.63) is 30.1 Å². The molecule has 28 heavy (non-hydrogen) atoms. The number of carbonyl (C=O) groups excluding carboxylic acids is 1. The van der Waals surface area contributed by atoms with Gasteiger partial charge in [0.2, 0.25) is 5.91 Å². The minimum atomic E-state index is -0.163. The lowest BCUT2D eigenvalue weighted by atomic mass is 9.94. The molecule has 8 heteroatoms. The fourth-order valence-corrected chi connectivity index (χ4v) is 4.43. The number of amides is 1. The Hall–Kier alpha value is -2.22. The van der Waals surface area contributed by atoms with E-state index >= 15 is 0 Å². The van der Waals surface area contributed by atoms with Crippen LogP contribution in [0.1, 0.15) is 56.8 Å². The van der Waals surface area contributed by atoms with Crippen molar-refractivity contribution in [2.24, 2.45) is 5.92 Å². The van der Waals surface area contributed by atoms with Crippen molar-refractivity contribution in [1.29, 1.82) is 0 Å². The molecule has 0 saturated heterocycles. The molecule has 1 N–H and O–H groups in total. The fraction of sp³-hybridized carbons (Fsp3) is 0.700. The third-order valence-corrected chi connectivity index (χ3v) is 6.00. The molecular weight excluding hydrogens is 354 g/mol. The summed E-state index contributed by atoms with van der Waals surface area (Å²) in [5, 5.41) is 11.8. The summed E-state index contributed by atoms with van der Waals surface area (Å²) in [6, 6.07) is 2.90. The molecule has 0 bridgehead atoms. The van der Waals surface area contributed by atoms with E-state index in [1.807, 2.05) is 6.92 Å². The zero-order valence-electron chi connectivity index (χ0n) is 16.8. The Kier molecular flexibility index (Phi) is 6.04. The van der Waals surface area contributed by atoms with Gasteiger partial charge in [-0.25, -0.2) is 4.98 Å². The molecule has 4 rings (SSSR count). The summed E-state index contributed by atoms with van der Waals surface area (Å²) < 4.78 is 3.83. The molecule has 1 fully saturated rings. The first-order valence-corrected chi connectivity index (χ1v) is 10.6. The van der Waals surface area contributed by atoms with E-state index in [1.165, 1.54) is 50.7 Å². The van der Waals surface area contributed by atoms with Crippen LogP contribution in [0.25, 0.3) is 0 Å². The molecule has 0 spiro atoms. The van der Waals surface area contributed by atoms with Crippen LogP contribution in [-0.4, -0.2) is 47.9 Å². The molecule has 0 unspecified atom stereocenters. The maximum absolute atomic E-state index is 12.4. The molecule has 8 nitrogen and oxygen atoms in total. The number of rotatable bonds is 6. The van der Waals surface area contributed by atoms with E-state index in [0.29, 0.717) is 13.1 Å². The first-order valence-electron chi connectivity index (χ1n) is 10.6. The Morgan fingerprint density at radius 1 is 1.25 bits per heavy atom. The van der Waals surface area contributed by atoms with Gasteiger partial charge in [-0.15, -0.1) is 0 Å². The van der Waals surface area contributed by atoms with E-state index < -0.39 is 0 Å². The monoisotopic (exact) mass is 385 g/mol. The second-order valence-electron chi connectivity index (χ2n) is 8.20. The predicted molar refractivity (Wildman–Crippen MR) is 105 cm³/mol. The molecule has 1 aliphatic carbocycles. The van der Waals surface area contributed by atoms with Gasteiger partial charge in [0.1, 0.15) is 12.7 Å². The highest BCUT2D eigenvalue weighted by Crippen LogP contribution is 2.26. The summed E-state index contributed by atoms with van der Waals surface area (Å²) in [5.74, 6) is -0.147. The molecular formula is C20H31N7O. The van der Waals surface area contributed by atoms with E-state index in [-0.39, 0.29) is 11.8 Å². The largest absolute Gasteiger partial charge is 0.350 e. The molecule has 1 amide bonds. The average molecular weight is 386 g/mol. The number of fused-ring (bicyclic) bond motifs is 1. The molecule has 2 aromatic heterocycles. The van der Waals surface area contributed by atoms with Gasteiger partial charge in [-0.2, -0.15) is 10.2 Å². The molecule has 152 valence electrons. The highest BCUT2D eigenvalue weighted by molar-refractivity contribution is 5.78. The molecule has 2 aliphatic rings. The Morgan fingerprint density at radius 3 is 2.89 bits per heavy atom. The maximum atomic E-state index is 12.4. The first-order chi connectivity index (χ1) is 13.7. The van der Waals surface area contributed by atoms with Gasteiger partial charge in [-0.1, -0.05) is 26.2 Å². The van der Waals surface area contributed by atoms with Crippen LogP contribution in [0.15, 0.2) is 18.7 Å². The van der Waals surface area contributed by atoms with E-state index in [1.54, 1.807) is 11.0 Å². The summed E-state index contributed by atoms with van der Waals surface area (Å²) >= 11 is 0. The lowest BCUT2D eigenvalue weighted by Gasteiger charge is -2.33. The van der Waals surface area contributed by atoms with Crippen LogP contribution in [0.2, 0.25) is 0 Å². The lowest BCUT2D eigenvalue weighted by Crippen LogP contribution is -2.36. The van der Waals surface area contributed by atoms with Gasteiger partial charge in [-0.3, -0.25) is 19.1 Å². The van der Waals surface area contributed by atoms with Crippen molar-refractivity contribution in [3.8, 4) is 0 Å². The molecule has 0 aromatic carbocycles. The van der Waals surface area contributed by atoms with Crippen LogP contribution < -0.4 is 5.32 Å². The molecule has 3 heterocycles. The molecule has 2 aromatic rings. The molecule has 1 aliphatic heterocycles. The van der Waals surface area contributed by atoms with Crippen molar-refractivity contribution >= 4 is 5.91 Å². The Balaban J connectivity index is 1.32. The normalized spacial score (nSPS) is 19.8. The third kappa shape index (κ3) is 4.60. The lowest BCUT2D eigenvalue weighted by molar-refractivity contribution is -0.125. The summed E-state index contributed by atoms with van der Waals surface area (Å²) in [6.45, 7) is 6.02. The van der Waals surface area contributed by atoms with E-state index in [2.05, 4.69) is 31.0 Å². The topological polar surface area (TPSA) is 80.9 Å². The second kappa shape index (κ2) is 8.86. The van der Waals surface area contributed by atoms with Crippen molar-refractivity contribution in [3.63, 3.8) is 0 Å². The smallest absolute Gasteiger partial charge is 0.225 e. The van der Waals surface area contributed by atoms with Gasteiger partial charge in [-0.05, 0) is 25.3 Å². The van der Waals surface area contributed by atoms with Crippen molar-refractivity contribution in [2.75, 3.05) is 6.54 Å². The van der Waals surface area contributed by atoms with Crippen LogP contribution in [0.4, 0.5) is 0 Å². The Morgan fingerprint density at radius 2 is 2.11 bits per heavy atom. The van der Waals surface area contributed by atoms with Gasteiger partial charge in [0.25, 0.3) is 0 Å². The highest BCUT2D eigenvalue weighted by atomic mass is 16.1. The minimum Gasteiger partial charge on any atom is -0.350 e. The quantitative estimate of drug-likeness (QED) is 0.822. The molecule has 1 atom stereocenters. The van der Waals surface area contributed by atoms with Crippen molar-refractivity contribution in [2.45, 2.75) is 77.7 Å². The fourth-order valence-electron chi connectivity index (χ4n) is 4.43. The number of nitrogens with zero attached hydrogens (tertiary/aromatic N) is 6. The summed E-state index contributed by atoms with van der Waals surface area (Å²) in [4.78, 5) is 19.0. The SMILES string of the molecule is C[C@@H](Cn1cncn1)C(=O)NCc1cc2n(n1)CCCN(C1CCCCC1)C2. The van der Waals surface area contributed by atoms with Crippen LogP contribution >= 0.6 is 0 Å². The van der Waals surface area contributed by atoms with E-state index in [9.17, 15) is 4.79 Å². The third-order valence-electron chi connectivity index (χ3n) is 6.00. The van der Waals surface area contributed by atoms with Gasteiger partial charge >= 0.3 is 0 Å². The van der Waals surface area contributed by atoms with Crippen LogP contribution in [-0.2, 0) is 31.0 Å². The van der Waals surface area contributed by atoms with Gasteiger partial charge in [0.05, 0.1) is 30.4 Å². The average Bonchev–Trinajstić information content (AvgIpc) is 3.32. The highest BCUT2D eigenvalue weighted by Gasteiger charge is 2.24. The van der Waals surface area contributed by atoms with Crippen LogP contribution in [0.5, 0.6) is 0 Å². The number of carbonyl (C=O) groups is 1. The van der Waals surface area contributed by atoms with Crippen LogP contribution in [0, 0.1) is 5.92 Å². The zero-order valence-corrected chi connectivity index (χ0v) is 16.8. The standard InChI is InChI=1S/C20H31N7O/c1-16(12-26-15-21-14-23-26)20(28)22-11-17-10-19-13-25(8-5-9-27(19)24-17)18-6-3-2-4-7-18/h10,14-16,18H,2-9,11-13H2,1H3,(H,22,28)/t16-/m0/s1. The number of aromatic nitrogens is 5. The zero-order chi connectivity index (χ0) is 19.3. The minimum absolute atomic E-state index is 0.0162. The maximum Gasteiger partial charge on any atom is 0.225 e. The van der Waals surface area contributed by atoms with Crippen LogP contribution in [0.3, 0.4) is 0 Å². The van der Waals surface area contributed by atoms with Gasteiger partial charge in [0.15, 0.2) is 0 Å².